The normalized spacial score (nSPS) is 24.2. The second kappa shape index (κ2) is 10.5. The lowest BCUT2D eigenvalue weighted by Gasteiger charge is -2.31. The molecule has 2 heterocycles. The fourth-order valence-electron chi connectivity index (χ4n) is 4.32. The Balaban J connectivity index is 1.24. The molecule has 32 heavy (non-hydrogen) atoms. The molecule has 2 fully saturated rings. The minimum atomic E-state index is -0.826. The number of rotatable bonds is 7. The SMILES string of the molecule is N#Cc1ccc(O[C@H]2CC[C@H](NC(O)c3cnc(N4CC[C@@H](CO)C4)nc3)CC2)cc1Cl. The summed E-state index contributed by atoms with van der Waals surface area (Å²) in [6.07, 6.45) is 6.99. The van der Waals surface area contributed by atoms with Gasteiger partial charge in [-0.05, 0) is 44.2 Å². The Morgan fingerprint density at radius 3 is 2.59 bits per heavy atom. The van der Waals surface area contributed by atoms with Gasteiger partial charge in [0.15, 0.2) is 0 Å². The van der Waals surface area contributed by atoms with Gasteiger partial charge in [0.2, 0.25) is 5.95 Å². The van der Waals surface area contributed by atoms with E-state index < -0.39 is 6.23 Å². The van der Waals surface area contributed by atoms with Crippen molar-refractivity contribution in [2.24, 2.45) is 5.92 Å². The number of aliphatic hydroxyl groups excluding tert-OH is 2. The van der Waals surface area contributed by atoms with Crippen molar-refractivity contribution >= 4 is 17.5 Å². The summed E-state index contributed by atoms with van der Waals surface area (Å²) in [7, 11) is 0. The van der Waals surface area contributed by atoms with Crippen LogP contribution in [0, 0.1) is 17.2 Å². The molecular formula is C23H28ClN5O3. The first-order chi connectivity index (χ1) is 15.6. The molecule has 1 aliphatic heterocycles. The number of hydrogen-bond donors (Lipinski definition) is 3. The zero-order chi connectivity index (χ0) is 22.5. The Morgan fingerprint density at radius 1 is 1.22 bits per heavy atom. The highest BCUT2D eigenvalue weighted by molar-refractivity contribution is 6.31. The number of ether oxygens (including phenoxy) is 1. The molecule has 170 valence electrons. The number of anilines is 1. The average Bonchev–Trinajstić information content (AvgIpc) is 3.30. The highest BCUT2D eigenvalue weighted by atomic mass is 35.5. The van der Waals surface area contributed by atoms with E-state index in [4.69, 9.17) is 21.6 Å². The maximum absolute atomic E-state index is 10.6. The third-order valence-corrected chi connectivity index (χ3v) is 6.55. The van der Waals surface area contributed by atoms with Gasteiger partial charge in [-0.25, -0.2) is 9.97 Å². The van der Waals surface area contributed by atoms with Crippen LogP contribution in [0.25, 0.3) is 0 Å². The Labute approximate surface area is 192 Å². The van der Waals surface area contributed by atoms with E-state index in [1.807, 2.05) is 6.07 Å². The third kappa shape index (κ3) is 5.48. The van der Waals surface area contributed by atoms with Gasteiger partial charge in [-0.1, -0.05) is 11.6 Å². The predicted octanol–water partition coefficient (Wildman–Crippen LogP) is 2.79. The standard InChI is InChI=1S/C23H28ClN5O3/c24-21-9-20(4-1-16(21)10-25)32-19-5-2-18(3-6-19)28-22(31)17-11-26-23(27-12-17)29-8-7-15(13-29)14-30/h1,4,9,11-12,15,18-19,22,28,30-31H,2-3,5-8,13-14H2/t15-,18-,19-,22?/m1/s1. The van der Waals surface area contributed by atoms with Crippen LogP contribution in [0.4, 0.5) is 5.95 Å². The Morgan fingerprint density at radius 2 is 1.97 bits per heavy atom. The Hall–Kier alpha value is -2.44. The summed E-state index contributed by atoms with van der Waals surface area (Å²) in [5.74, 6) is 1.59. The average molecular weight is 458 g/mol. The van der Waals surface area contributed by atoms with E-state index in [1.54, 1.807) is 30.6 Å². The molecule has 0 radical (unpaired) electrons. The minimum absolute atomic E-state index is 0.0834. The Kier molecular flexibility index (Phi) is 7.43. The molecule has 1 aromatic heterocycles. The molecular weight excluding hydrogens is 430 g/mol. The molecule has 1 saturated heterocycles. The van der Waals surface area contributed by atoms with Crippen molar-refractivity contribution in [1.29, 1.82) is 5.26 Å². The van der Waals surface area contributed by atoms with E-state index in [9.17, 15) is 10.2 Å². The van der Waals surface area contributed by atoms with Crippen LogP contribution >= 0.6 is 11.6 Å². The molecule has 1 saturated carbocycles. The fraction of sp³-hybridized carbons (Fsp3) is 0.522. The minimum Gasteiger partial charge on any atom is -0.490 e. The van der Waals surface area contributed by atoms with Crippen molar-refractivity contribution in [1.82, 2.24) is 15.3 Å². The van der Waals surface area contributed by atoms with Crippen LogP contribution in [0.3, 0.4) is 0 Å². The van der Waals surface area contributed by atoms with E-state index in [2.05, 4.69) is 20.2 Å². The monoisotopic (exact) mass is 457 g/mol. The maximum atomic E-state index is 10.6. The number of halogens is 1. The summed E-state index contributed by atoms with van der Waals surface area (Å²) < 4.78 is 6.03. The molecule has 2 atom stereocenters. The summed E-state index contributed by atoms with van der Waals surface area (Å²) in [6.45, 7) is 1.79. The van der Waals surface area contributed by atoms with Crippen LogP contribution in [0.1, 0.15) is 49.5 Å². The lowest BCUT2D eigenvalue weighted by molar-refractivity contribution is 0.0883. The summed E-state index contributed by atoms with van der Waals surface area (Å²) in [4.78, 5) is 10.9. The smallest absolute Gasteiger partial charge is 0.225 e. The number of nitriles is 1. The highest BCUT2D eigenvalue weighted by Gasteiger charge is 2.26. The van der Waals surface area contributed by atoms with E-state index in [1.165, 1.54) is 0 Å². The van der Waals surface area contributed by atoms with Crippen LogP contribution < -0.4 is 15.0 Å². The van der Waals surface area contributed by atoms with Crippen LogP contribution in [-0.4, -0.2) is 52.0 Å². The summed E-state index contributed by atoms with van der Waals surface area (Å²) in [5.41, 5.74) is 1.07. The van der Waals surface area contributed by atoms with Crippen LogP contribution in [0.15, 0.2) is 30.6 Å². The molecule has 9 heteroatoms. The van der Waals surface area contributed by atoms with Crippen LogP contribution in [-0.2, 0) is 0 Å². The van der Waals surface area contributed by atoms with Crippen molar-refractivity contribution < 1.29 is 14.9 Å². The largest absolute Gasteiger partial charge is 0.490 e. The van der Waals surface area contributed by atoms with Gasteiger partial charge < -0.3 is 19.8 Å². The molecule has 3 N–H and O–H groups in total. The van der Waals surface area contributed by atoms with Crippen molar-refractivity contribution in [2.45, 2.75) is 50.5 Å². The number of benzene rings is 1. The first kappa shape index (κ1) is 22.7. The van der Waals surface area contributed by atoms with E-state index in [0.717, 1.165) is 45.2 Å². The molecule has 1 aliphatic carbocycles. The molecule has 0 spiro atoms. The van der Waals surface area contributed by atoms with Crippen LogP contribution in [0.5, 0.6) is 5.75 Å². The quantitative estimate of drug-likeness (QED) is 0.544. The van der Waals surface area contributed by atoms with Gasteiger partial charge >= 0.3 is 0 Å². The first-order valence-electron chi connectivity index (χ1n) is 11.0. The van der Waals surface area contributed by atoms with Crippen molar-refractivity contribution in [3.05, 3.63) is 46.7 Å². The van der Waals surface area contributed by atoms with E-state index in [0.29, 0.717) is 27.8 Å². The second-order valence-corrected chi connectivity index (χ2v) is 8.92. The molecule has 1 unspecified atom stereocenters. The van der Waals surface area contributed by atoms with Crippen molar-refractivity contribution in [3.8, 4) is 11.8 Å². The molecule has 0 amide bonds. The summed E-state index contributed by atoms with van der Waals surface area (Å²) in [6, 6.07) is 7.35. The molecule has 8 nitrogen and oxygen atoms in total. The topological polar surface area (TPSA) is 115 Å². The van der Waals surface area contributed by atoms with E-state index in [-0.39, 0.29) is 24.7 Å². The maximum Gasteiger partial charge on any atom is 0.225 e. The second-order valence-electron chi connectivity index (χ2n) is 8.51. The zero-order valence-electron chi connectivity index (χ0n) is 17.8. The molecule has 0 bridgehead atoms. The number of aromatic nitrogens is 2. The molecule has 2 aromatic rings. The third-order valence-electron chi connectivity index (χ3n) is 6.23. The first-order valence-corrected chi connectivity index (χ1v) is 11.4. The van der Waals surface area contributed by atoms with Gasteiger partial charge in [0.05, 0.1) is 16.7 Å². The summed E-state index contributed by atoms with van der Waals surface area (Å²) in [5, 5.41) is 32.5. The summed E-state index contributed by atoms with van der Waals surface area (Å²) >= 11 is 6.08. The van der Waals surface area contributed by atoms with Gasteiger partial charge in [-0.2, -0.15) is 5.26 Å². The lowest BCUT2D eigenvalue weighted by Crippen LogP contribution is -2.38. The highest BCUT2D eigenvalue weighted by Crippen LogP contribution is 2.28. The number of hydrogen-bond acceptors (Lipinski definition) is 8. The van der Waals surface area contributed by atoms with Crippen molar-refractivity contribution in [2.75, 3.05) is 24.6 Å². The van der Waals surface area contributed by atoms with Crippen LogP contribution in [0.2, 0.25) is 5.02 Å². The number of aliphatic hydroxyl groups is 2. The van der Waals surface area contributed by atoms with Gasteiger partial charge in [0.25, 0.3) is 0 Å². The van der Waals surface area contributed by atoms with Gasteiger partial charge in [0.1, 0.15) is 18.0 Å². The van der Waals surface area contributed by atoms with Gasteiger partial charge in [-0.15, -0.1) is 0 Å². The zero-order valence-corrected chi connectivity index (χ0v) is 18.6. The lowest BCUT2D eigenvalue weighted by atomic mass is 9.92. The molecule has 4 rings (SSSR count). The molecule has 2 aliphatic rings. The van der Waals surface area contributed by atoms with E-state index >= 15 is 0 Å². The number of nitrogens with one attached hydrogen (secondary N) is 1. The molecule has 1 aromatic carbocycles. The van der Waals surface area contributed by atoms with Gasteiger partial charge in [-0.3, -0.25) is 5.32 Å². The fourth-order valence-corrected chi connectivity index (χ4v) is 4.53. The van der Waals surface area contributed by atoms with Crippen molar-refractivity contribution in [3.63, 3.8) is 0 Å². The predicted molar refractivity (Wildman–Crippen MR) is 120 cm³/mol. The Bertz CT molecular complexity index is 944. The number of nitrogens with zero attached hydrogens (tertiary/aromatic N) is 4. The van der Waals surface area contributed by atoms with Gasteiger partial charge in [0, 0.05) is 55.7 Å².